The molecule has 0 aromatic carbocycles. The first kappa shape index (κ1) is 18.7. The number of hydrogen-bond donors (Lipinski definition) is 0. The molecule has 0 spiro atoms. The van der Waals surface area contributed by atoms with Gasteiger partial charge in [-0.1, -0.05) is 26.7 Å². The summed E-state index contributed by atoms with van der Waals surface area (Å²) in [6.45, 7) is 5.70. The number of hydrogen-bond acceptors (Lipinski definition) is 2. The van der Waals surface area contributed by atoms with Gasteiger partial charge in [-0.15, -0.1) is 0 Å². The Hall–Kier alpha value is -2.08. The van der Waals surface area contributed by atoms with Gasteiger partial charge in [0.15, 0.2) is 0 Å². The molecule has 15 heavy (non-hydrogen) atoms. The van der Waals surface area contributed by atoms with Crippen LogP contribution in [-0.4, -0.2) is 13.2 Å². The summed E-state index contributed by atoms with van der Waals surface area (Å²) in [7, 11) is 6.88. The van der Waals surface area contributed by atoms with Crippen molar-refractivity contribution in [3.05, 3.63) is 14.2 Å². The minimum atomic E-state index is 0. The van der Waals surface area contributed by atoms with Gasteiger partial charge in [-0.05, 0) is 12.8 Å². The van der Waals surface area contributed by atoms with E-state index in [1.807, 2.05) is 0 Å². The third-order valence-corrected chi connectivity index (χ3v) is 2.38. The Kier molecular flexibility index (Phi) is 12.4. The van der Waals surface area contributed by atoms with E-state index in [4.69, 9.17) is 9.47 Å². The van der Waals surface area contributed by atoms with E-state index < -0.39 is 0 Å². The minimum absolute atomic E-state index is 0. The smallest absolute Gasteiger partial charge is 0.0189 e. The van der Waals surface area contributed by atoms with Gasteiger partial charge in [0.2, 0.25) is 0 Å². The van der Waals surface area contributed by atoms with Crippen LogP contribution in [0.1, 0.15) is 39.5 Å². The summed E-state index contributed by atoms with van der Waals surface area (Å²) in [6, 6.07) is 0. The molecule has 0 N–H and O–H groups in total. The second-order valence-electron chi connectivity index (χ2n) is 3.70. The molecule has 0 aromatic rings. The first-order valence-electron chi connectivity index (χ1n) is 4.98. The van der Waals surface area contributed by atoms with Crippen LogP contribution in [0.2, 0.25) is 0 Å². The van der Waals surface area contributed by atoms with Crippen LogP contribution in [0.3, 0.4) is 0 Å². The van der Waals surface area contributed by atoms with E-state index in [9.17, 15) is 0 Å². The van der Waals surface area contributed by atoms with Crippen molar-refractivity contribution in [1.29, 1.82) is 0 Å². The number of ether oxygens (including phenoxy) is 2. The van der Waals surface area contributed by atoms with Gasteiger partial charge in [-0.25, -0.2) is 14.2 Å². The van der Waals surface area contributed by atoms with Gasteiger partial charge >= 0.3 is 0 Å². The monoisotopic (exact) mass is 720 g/mol. The predicted octanol–water partition coefficient (Wildman–Crippen LogP) is 3.19. The molecule has 0 heterocycles. The molecular formula is C11H22O2Rf2-2. The average molecular weight is 720 g/mol. The van der Waals surface area contributed by atoms with Gasteiger partial charge in [0, 0.05) is 18.6 Å². The van der Waals surface area contributed by atoms with Gasteiger partial charge in [0.05, 0.1) is 0 Å². The van der Waals surface area contributed by atoms with Crippen molar-refractivity contribution in [3.63, 3.8) is 0 Å². The second-order valence-corrected chi connectivity index (χ2v) is 3.70. The van der Waals surface area contributed by atoms with Crippen molar-refractivity contribution >= 4 is 0 Å². The number of rotatable bonds is 8. The molecule has 0 aromatic heterocycles. The molecule has 2 nitrogen and oxygen atoms in total. The third kappa shape index (κ3) is 6.05. The molecule has 0 radical (unpaired) electrons. The van der Waals surface area contributed by atoms with Gasteiger partial charge in [0.25, 0.3) is 0 Å². The second kappa shape index (κ2) is 10.0. The fraction of sp³-hybridized carbons (Fsp3) is 0.818. The topological polar surface area (TPSA) is 18.5 Å². The molecule has 0 atom stereocenters. The van der Waals surface area contributed by atoms with Gasteiger partial charge in [-0.2, -0.15) is 0 Å². The molecule has 4 heteroatoms. The summed E-state index contributed by atoms with van der Waals surface area (Å²) < 4.78 is 10.0. The summed E-state index contributed by atoms with van der Waals surface area (Å²) in [4.78, 5) is 0. The molecule has 0 fully saturated rings. The Balaban J connectivity index is -0.000000720. The van der Waals surface area contributed by atoms with Crippen LogP contribution >= 0.6 is 0 Å². The molecule has 0 aliphatic carbocycles. The van der Waals surface area contributed by atoms with Crippen LogP contribution < -0.4 is 0 Å². The van der Waals surface area contributed by atoms with Crippen molar-refractivity contribution in [2.24, 2.45) is 5.41 Å². The van der Waals surface area contributed by atoms with E-state index in [2.05, 4.69) is 28.1 Å². The Bertz CT molecular complexity index is 91.6. The van der Waals surface area contributed by atoms with E-state index in [0.717, 1.165) is 25.7 Å². The first-order valence-corrected chi connectivity index (χ1v) is 4.98. The summed E-state index contributed by atoms with van der Waals surface area (Å²) in [5, 5.41) is 0. The average Bonchev–Trinajstić information content (AvgIpc) is 2.06. The fourth-order valence-corrected chi connectivity index (χ4v) is 1.95. The van der Waals surface area contributed by atoms with Crippen molar-refractivity contribution < 1.29 is 9.47 Å². The summed E-state index contributed by atoms with van der Waals surface area (Å²) in [6.07, 6.45) is 4.53. The molecule has 0 saturated carbocycles. The molecule has 84 valence electrons. The summed E-state index contributed by atoms with van der Waals surface area (Å²) >= 11 is 0. The maximum atomic E-state index is 5.01. The van der Waals surface area contributed by atoms with Crippen LogP contribution in [0, 0.1) is 19.6 Å². The van der Waals surface area contributed by atoms with E-state index in [1.54, 1.807) is 0 Å². The van der Waals surface area contributed by atoms with Crippen LogP contribution in [0.25, 0.3) is 0 Å². The molecule has 0 amide bonds. The van der Waals surface area contributed by atoms with Gasteiger partial charge in [-0.3, -0.25) is 0 Å². The zero-order valence-electron chi connectivity index (χ0n) is 10.4. The van der Waals surface area contributed by atoms with Crippen LogP contribution in [-0.2, 0) is 9.47 Å². The summed E-state index contributed by atoms with van der Waals surface area (Å²) in [5.41, 5.74) is 0.132. The zero-order chi connectivity index (χ0) is 10.2. The molecule has 0 aliphatic heterocycles. The Morgan fingerprint density at radius 2 is 1.20 bits per heavy atom. The van der Waals surface area contributed by atoms with E-state index in [-0.39, 0.29) is 5.41 Å². The minimum Gasteiger partial charge on any atom is -0.555 e. The summed E-state index contributed by atoms with van der Waals surface area (Å²) in [5.74, 6) is 0. The normalized spacial score (nSPS) is 10.4. The Labute approximate surface area is 82.6 Å². The van der Waals surface area contributed by atoms with E-state index in [0.29, 0.717) is 13.2 Å². The Morgan fingerprint density at radius 1 is 0.867 bits per heavy atom. The molecule has 0 saturated heterocycles. The fourth-order valence-electron chi connectivity index (χ4n) is 1.95. The van der Waals surface area contributed by atoms with E-state index >= 15 is 0 Å². The largest absolute Gasteiger partial charge is 0.555 e. The SMILES string of the molecule is [CH2-]OCC(CCC)(CCC)CO[CH2-].[Rf].[Rf]. The predicted molar refractivity (Wildman–Crippen MR) is 54.9 cm³/mol. The molecule has 0 rings (SSSR count). The quantitative estimate of drug-likeness (QED) is 0.360. The van der Waals surface area contributed by atoms with Crippen molar-refractivity contribution in [2.45, 2.75) is 39.5 Å². The Morgan fingerprint density at radius 3 is 1.40 bits per heavy atom. The first-order chi connectivity index (χ1) is 6.24. The van der Waals surface area contributed by atoms with Crippen LogP contribution in [0.15, 0.2) is 0 Å². The van der Waals surface area contributed by atoms with Crippen LogP contribution in [0.5, 0.6) is 0 Å². The van der Waals surface area contributed by atoms with Crippen molar-refractivity contribution in [3.8, 4) is 0 Å². The molecular weight excluding hydrogens is 698 g/mol. The maximum Gasteiger partial charge on any atom is 0.0189 e. The molecule has 0 aliphatic rings. The molecule has 0 unspecified atom stereocenters. The van der Waals surface area contributed by atoms with Gasteiger partial charge < -0.3 is 9.47 Å². The van der Waals surface area contributed by atoms with Gasteiger partial charge in [0.1, 0.15) is 0 Å². The maximum absolute atomic E-state index is 5.01. The standard InChI is InChI=1S/C11H22O2.2Rf/c1-5-7-11(8-6-2,9-12-3)10-13-4;;/h3-10H2,1-2H3;;/q-2;;. The van der Waals surface area contributed by atoms with Crippen LogP contribution in [0.4, 0.5) is 0 Å². The molecule has 0 bridgehead atoms. The van der Waals surface area contributed by atoms with E-state index in [1.165, 1.54) is 0 Å². The zero-order valence-corrected chi connectivity index (χ0v) is 23.2. The van der Waals surface area contributed by atoms with Crippen molar-refractivity contribution in [1.82, 2.24) is 0 Å². The third-order valence-electron chi connectivity index (χ3n) is 2.38. The van der Waals surface area contributed by atoms with Crippen molar-refractivity contribution in [2.75, 3.05) is 13.2 Å².